The molecule has 0 aliphatic carbocycles. The Morgan fingerprint density at radius 2 is 2.05 bits per heavy atom. The zero-order chi connectivity index (χ0) is 15.4. The highest BCUT2D eigenvalue weighted by Gasteiger charge is 2.26. The Hall–Kier alpha value is -0.790. The first-order chi connectivity index (χ1) is 9.60. The fourth-order valence-electron chi connectivity index (χ4n) is 1.60. The summed E-state index contributed by atoms with van der Waals surface area (Å²) in [6.45, 7) is 4.29. The van der Waals surface area contributed by atoms with Crippen molar-refractivity contribution in [2.24, 2.45) is 10.1 Å². The third-order valence-corrected chi connectivity index (χ3v) is 3.44. The number of azide groups is 1. The summed E-state index contributed by atoms with van der Waals surface area (Å²) in [5, 5.41) is 24.3. The number of aliphatic hydroxyl groups excluding tert-OH is 2. The van der Waals surface area contributed by atoms with Crippen LogP contribution in [-0.4, -0.2) is 59.5 Å². The molecule has 0 fully saturated rings. The molecule has 8 heteroatoms. The number of thioether (sulfide) groups is 1. The highest BCUT2D eigenvalue weighted by atomic mass is 32.2. The highest BCUT2D eigenvalue weighted by molar-refractivity contribution is 8.13. The Balaban J connectivity index is 4.54. The molecule has 7 nitrogen and oxygen atoms in total. The Morgan fingerprint density at radius 3 is 2.55 bits per heavy atom. The van der Waals surface area contributed by atoms with Gasteiger partial charge in [-0.1, -0.05) is 18.5 Å². The summed E-state index contributed by atoms with van der Waals surface area (Å²) in [6.07, 6.45) is 0.884. The molecule has 2 N–H and O–H groups in total. The van der Waals surface area contributed by atoms with Gasteiger partial charge in [0.1, 0.15) is 12.2 Å². The molecule has 0 aromatic rings. The van der Waals surface area contributed by atoms with Crippen molar-refractivity contribution in [1.82, 2.24) is 0 Å². The van der Waals surface area contributed by atoms with Crippen LogP contribution >= 0.6 is 11.8 Å². The van der Waals surface area contributed by atoms with Gasteiger partial charge >= 0.3 is 0 Å². The van der Waals surface area contributed by atoms with E-state index >= 15 is 0 Å². The van der Waals surface area contributed by atoms with E-state index in [0.717, 1.165) is 17.9 Å². The lowest BCUT2D eigenvalue weighted by Crippen LogP contribution is -2.42. The minimum Gasteiger partial charge on any atom is -0.388 e. The molecule has 0 aliphatic heterocycles. The van der Waals surface area contributed by atoms with Crippen LogP contribution in [0.3, 0.4) is 0 Å². The maximum atomic E-state index is 10.0. The first-order valence-electron chi connectivity index (χ1n) is 6.66. The molecular formula is C12H24N4O3S. The van der Waals surface area contributed by atoms with Gasteiger partial charge in [-0.25, -0.2) is 0 Å². The molecule has 0 saturated carbocycles. The molecule has 0 aromatic carbocycles. The van der Waals surface area contributed by atoms with E-state index in [1.165, 1.54) is 0 Å². The van der Waals surface area contributed by atoms with Crippen LogP contribution in [0.15, 0.2) is 10.1 Å². The van der Waals surface area contributed by atoms with E-state index in [1.807, 2.05) is 6.26 Å². The molecule has 0 radical (unpaired) electrons. The minimum atomic E-state index is -1.13. The first-order valence-corrected chi connectivity index (χ1v) is 7.88. The second-order valence-corrected chi connectivity index (χ2v) is 5.03. The molecule has 0 spiro atoms. The highest BCUT2D eigenvalue weighted by Crippen LogP contribution is 2.10. The lowest BCUT2D eigenvalue weighted by atomic mass is 10.1. The van der Waals surface area contributed by atoms with E-state index in [0.29, 0.717) is 6.61 Å². The standard InChI is InChI=1S/C12H24N4O3S/c1-4-6-11(20-3)14-7-9(17)12(18)10(19-5-2)8-15-16-13/h9-10,12,17-18H,4-8H2,1-3H3/b14-11-/t9-,10-,12+/m1/s1. The number of ether oxygens (including phenoxy) is 1. The van der Waals surface area contributed by atoms with Crippen molar-refractivity contribution in [3.05, 3.63) is 10.4 Å². The van der Waals surface area contributed by atoms with Crippen LogP contribution in [0.5, 0.6) is 0 Å². The average molecular weight is 304 g/mol. The SMILES string of the molecule is CCC/C(=N/C[C@@H](O)[C@H](O)[C@@H](CN=[N+]=[N-])OCC)SC. The van der Waals surface area contributed by atoms with Crippen LogP contribution in [0.1, 0.15) is 26.7 Å². The van der Waals surface area contributed by atoms with Gasteiger partial charge in [0.25, 0.3) is 0 Å². The van der Waals surface area contributed by atoms with Crippen molar-refractivity contribution in [2.45, 2.75) is 45.0 Å². The topological polar surface area (TPSA) is 111 Å². The largest absolute Gasteiger partial charge is 0.388 e. The molecule has 3 atom stereocenters. The van der Waals surface area contributed by atoms with Crippen LogP contribution in [0.2, 0.25) is 0 Å². The van der Waals surface area contributed by atoms with Crippen LogP contribution < -0.4 is 0 Å². The second kappa shape index (κ2) is 12.0. The van der Waals surface area contributed by atoms with Gasteiger partial charge in [-0.2, -0.15) is 0 Å². The zero-order valence-electron chi connectivity index (χ0n) is 12.3. The van der Waals surface area contributed by atoms with Crippen LogP contribution in [0.25, 0.3) is 10.4 Å². The molecule has 0 aromatic heterocycles. The van der Waals surface area contributed by atoms with E-state index in [9.17, 15) is 10.2 Å². The molecule has 0 unspecified atom stereocenters. The Bertz CT molecular complexity index is 335. The van der Waals surface area contributed by atoms with Gasteiger partial charge in [0, 0.05) is 11.5 Å². The molecule has 0 rings (SSSR count). The first kappa shape index (κ1) is 19.2. The summed E-state index contributed by atoms with van der Waals surface area (Å²) in [5.74, 6) is 0. The van der Waals surface area contributed by atoms with Crippen molar-refractivity contribution < 1.29 is 14.9 Å². The predicted molar refractivity (Wildman–Crippen MR) is 82.2 cm³/mol. The average Bonchev–Trinajstić information content (AvgIpc) is 2.46. The summed E-state index contributed by atoms with van der Waals surface area (Å²) in [6, 6.07) is 0. The third kappa shape index (κ3) is 7.72. The van der Waals surface area contributed by atoms with Crippen molar-refractivity contribution in [1.29, 1.82) is 0 Å². The number of aliphatic imine (C=N–C) groups is 1. The van der Waals surface area contributed by atoms with Gasteiger partial charge in [0.05, 0.1) is 24.2 Å². The number of nitrogens with zero attached hydrogens (tertiary/aromatic N) is 4. The lowest BCUT2D eigenvalue weighted by molar-refractivity contribution is -0.0794. The molecule has 0 heterocycles. The van der Waals surface area contributed by atoms with Crippen molar-refractivity contribution in [3.8, 4) is 0 Å². The molecule has 0 saturated heterocycles. The van der Waals surface area contributed by atoms with Gasteiger partial charge in [0.2, 0.25) is 0 Å². The fourth-order valence-corrected chi connectivity index (χ4v) is 2.21. The van der Waals surface area contributed by atoms with E-state index < -0.39 is 18.3 Å². The van der Waals surface area contributed by atoms with Gasteiger partial charge in [-0.15, -0.1) is 11.8 Å². The quantitative estimate of drug-likeness (QED) is 0.211. The van der Waals surface area contributed by atoms with E-state index in [-0.39, 0.29) is 13.1 Å². The number of hydrogen-bond acceptors (Lipinski definition) is 6. The van der Waals surface area contributed by atoms with Gasteiger partial charge in [-0.3, -0.25) is 4.99 Å². The smallest absolute Gasteiger partial charge is 0.108 e. The summed E-state index contributed by atoms with van der Waals surface area (Å²) in [4.78, 5) is 6.92. The molecular weight excluding hydrogens is 280 g/mol. The van der Waals surface area contributed by atoms with Gasteiger partial charge in [-0.05, 0) is 25.1 Å². The normalized spacial score (nSPS) is 16.4. The maximum absolute atomic E-state index is 10.0. The molecule has 0 aliphatic rings. The van der Waals surface area contributed by atoms with Gasteiger partial charge in [0.15, 0.2) is 0 Å². The number of rotatable bonds is 10. The van der Waals surface area contributed by atoms with Crippen LogP contribution in [-0.2, 0) is 4.74 Å². The summed E-state index contributed by atoms with van der Waals surface area (Å²) in [5.41, 5.74) is 8.30. The van der Waals surface area contributed by atoms with Crippen LogP contribution in [0, 0.1) is 0 Å². The molecule has 20 heavy (non-hydrogen) atoms. The molecule has 0 bridgehead atoms. The lowest BCUT2D eigenvalue weighted by Gasteiger charge is -2.24. The number of hydrogen-bond donors (Lipinski definition) is 2. The summed E-state index contributed by atoms with van der Waals surface area (Å²) < 4.78 is 5.28. The summed E-state index contributed by atoms with van der Waals surface area (Å²) >= 11 is 1.54. The molecule has 116 valence electrons. The van der Waals surface area contributed by atoms with Crippen molar-refractivity contribution >= 4 is 16.8 Å². The predicted octanol–water partition coefficient (Wildman–Crippen LogP) is 1.99. The van der Waals surface area contributed by atoms with Crippen LogP contribution in [0.4, 0.5) is 0 Å². The Labute approximate surface area is 124 Å². The fraction of sp³-hybridized carbons (Fsp3) is 0.917. The van der Waals surface area contributed by atoms with Crippen molar-refractivity contribution in [2.75, 3.05) is 26.0 Å². The second-order valence-electron chi connectivity index (χ2n) is 4.15. The third-order valence-electron chi connectivity index (χ3n) is 2.63. The Kier molecular flexibility index (Phi) is 11.5. The minimum absolute atomic E-state index is 0.0172. The monoisotopic (exact) mass is 304 g/mol. The van der Waals surface area contributed by atoms with E-state index in [2.05, 4.69) is 21.9 Å². The molecule has 0 amide bonds. The van der Waals surface area contributed by atoms with E-state index in [1.54, 1.807) is 18.7 Å². The van der Waals surface area contributed by atoms with Gasteiger partial charge < -0.3 is 14.9 Å². The van der Waals surface area contributed by atoms with Crippen molar-refractivity contribution in [3.63, 3.8) is 0 Å². The number of aliphatic hydroxyl groups is 2. The maximum Gasteiger partial charge on any atom is 0.108 e. The Morgan fingerprint density at radius 1 is 1.35 bits per heavy atom. The van der Waals surface area contributed by atoms with E-state index in [4.69, 9.17) is 10.3 Å². The zero-order valence-corrected chi connectivity index (χ0v) is 13.1. The summed E-state index contributed by atoms with van der Waals surface area (Å²) in [7, 11) is 0.